The van der Waals surface area contributed by atoms with E-state index < -0.39 is 17.6 Å². The van der Waals surface area contributed by atoms with Gasteiger partial charge in [-0.2, -0.15) is 0 Å². The molecule has 0 spiro atoms. The molecule has 1 heterocycles. The van der Waals surface area contributed by atoms with Crippen molar-refractivity contribution in [1.29, 1.82) is 0 Å². The van der Waals surface area contributed by atoms with Crippen LogP contribution in [0.3, 0.4) is 0 Å². The fourth-order valence-corrected chi connectivity index (χ4v) is 3.15. The van der Waals surface area contributed by atoms with Gasteiger partial charge in [-0.15, -0.1) is 0 Å². The Morgan fingerprint density at radius 2 is 1.75 bits per heavy atom. The van der Waals surface area contributed by atoms with Crippen LogP contribution in [0.1, 0.15) is 12.5 Å². The molecule has 1 aliphatic rings. The van der Waals surface area contributed by atoms with Crippen LogP contribution in [0.4, 0.5) is 10.1 Å². The van der Waals surface area contributed by atoms with Crippen LogP contribution in [0.15, 0.2) is 54.2 Å². The van der Waals surface area contributed by atoms with Gasteiger partial charge in [0.05, 0.1) is 24.5 Å². The summed E-state index contributed by atoms with van der Waals surface area (Å²) in [6.07, 6.45) is 0. The number of likely N-dealkylation sites (N-methyl/N-ethyl adjacent to an activating group) is 1. The number of carbonyl (C=O) groups excluding carboxylic acids is 2. The SMILES string of the molecule is CCOc1ccccc1N1C(=O)C(c2ccc(F)cc2)=C(N(C)CCO)C1=O. The van der Waals surface area contributed by atoms with Crippen molar-refractivity contribution in [3.8, 4) is 5.75 Å². The molecule has 6 nitrogen and oxygen atoms in total. The number of para-hydroxylation sites is 2. The summed E-state index contributed by atoms with van der Waals surface area (Å²) in [5.74, 6) is -1.07. The van der Waals surface area contributed by atoms with E-state index in [4.69, 9.17) is 4.74 Å². The Labute approximate surface area is 162 Å². The molecule has 0 aliphatic carbocycles. The van der Waals surface area contributed by atoms with Gasteiger partial charge in [0.25, 0.3) is 11.8 Å². The van der Waals surface area contributed by atoms with Crippen molar-refractivity contribution in [1.82, 2.24) is 4.90 Å². The molecule has 3 rings (SSSR count). The van der Waals surface area contributed by atoms with Crippen molar-refractivity contribution in [3.63, 3.8) is 0 Å². The van der Waals surface area contributed by atoms with E-state index in [0.29, 0.717) is 23.6 Å². The fourth-order valence-electron chi connectivity index (χ4n) is 3.15. The van der Waals surface area contributed by atoms with Gasteiger partial charge in [-0.05, 0) is 36.8 Å². The first kappa shape index (κ1) is 19.6. The Hall–Kier alpha value is -3.19. The van der Waals surface area contributed by atoms with Crippen LogP contribution < -0.4 is 9.64 Å². The number of aliphatic hydroxyl groups excluding tert-OH is 1. The Morgan fingerprint density at radius 3 is 2.39 bits per heavy atom. The lowest BCUT2D eigenvalue weighted by molar-refractivity contribution is -0.120. The van der Waals surface area contributed by atoms with Gasteiger partial charge in [-0.3, -0.25) is 9.59 Å². The fraction of sp³-hybridized carbons (Fsp3) is 0.238. The minimum absolute atomic E-state index is 0.150. The number of aliphatic hydroxyl groups is 1. The molecule has 7 heteroatoms. The number of imide groups is 1. The number of anilines is 1. The molecule has 0 unspecified atom stereocenters. The number of carbonyl (C=O) groups is 2. The molecule has 2 aromatic carbocycles. The van der Waals surface area contributed by atoms with Gasteiger partial charge in [0.2, 0.25) is 0 Å². The molecule has 0 saturated carbocycles. The predicted molar refractivity (Wildman–Crippen MR) is 103 cm³/mol. The average Bonchev–Trinajstić information content (AvgIpc) is 2.94. The highest BCUT2D eigenvalue weighted by Crippen LogP contribution is 2.38. The maximum absolute atomic E-state index is 13.4. The molecule has 0 atom stereocenters. The summed E-state index contributed by atoms with van der Waals surface area (Å²) in [5.41, 5.74) is 1.08. The summed E-state index contributed by atoms with van der Waals surface area (Å²) < 4.78 is 18.9. The number of halogens is 1. The van der Waals surface area contributed by atoms with Crippen molar-refractivity contribution in [2.75, 3.05) is 31.7 Å². The maximum atomic E-state index is 13.4. The van der Waals surface area contributed by atoms with Gasteiger partial charge in [0.15, 0.2) is 0 Å². The van der Waals surface area contributed by atoms with Crippen LogP contribution in [-0.4, -0.2) is 48.6 Å². The number of ether oxygens (including phenoxy) is 1. The van der Waals surface area contributed by atoms with E-state index in [2.05, 4.69) is 0 Å². The first-order chi connectivity index (χ1) is 13.5. The van der Waals surface area contributed by atoms with Gasteiger partial charge in [0.1, 0.15) is 17.3 Å². The Bertz CT molecular complexity index is 924. The molecule has 1 aliphatic heterocycles. The third-order valence-electron chi connectivity index (χ3n) is 4.42. The lowest BCUT2D eigenvalue weighted by Gasteiger charge is -2.21. The number of hydrogen-bond acceptors (Lipinski definition) is 5. The minimum Gasteiger partial charge on any atom is -0.492 e. The highest BCUT2D eigenvalue weighted by atomic mass is 19.1. The van der Waals surface area contributed by atoms with Crippen LogP contribution >= 0.6 is 0 Å². The van der Waals surface area contributed by atoms with Gasteiger partial charge in [-0.1, -0.05) is 24.3 Å². The maximum Gasteiger partial charge on any atom is 0.282 e. The third kappa shape index (κ3) is 3.48. The third-order valence-corrected chi connectivity index (χ3v) is 4.42. The summed E-state index contributed by atoms with van der Waals surface area (Å²) in [4.78, 5) is 29.1. The molecule has 28 heavy (non-hydrogen) atoms. The number of amides is 2. The second kappa shape index (κ2) is 8.22. The van der Waals surface area contributed by atoms with Crippen molar-refractivity contribution >= 4 is 23.1 Å². The van der Waals surface area contributed by atoms with E-state index in [1.807, 2.05) is 6.92 Å². The smallest absolute Gasteiger partial charge is 0.282 e. The molecule has 2 amide bonds. The lowest BCUT2D eigenvalue weighted by Crippen LogP contribution is -2.35. The van der Waals surface area contributed by atoms with Crippen LogP contribution in [-0.2, 0) is 9.59 Å². The van der Waals surface area contributed by atoms with E-state index in [0.717, 1.165) is 4.90 Å². The Balaban J connectivity index is 2.13. The minimum atomic E-state index is -0.524. The Kier molecular flexibility index (Phi) is 5.75. The zero-order valence-electron chi connectivity index (χ0n) is 15.7. The predicted octanol–water partition coefficient (Wildman–Crippen LogP) is 2.43. The van der Waals surface area contributed by atoms with Gasteiger partial charge >= 0.3 is 0 Å². The average molecular weight is 384 g/mol. The van der Waals surface area contributed by atoms with E-state index in [9.17, 15) is 19.1 Å². The van der Waals surface area contributed by atoms with Crippen molar-refractivity contribution < 1.29 is 23.8 Å². The molecular formula is C21H21FN2O4. The number of rotatable bonds is 7. The van der Waals surface area contributed by atoms with Crippen LogP contribution in [0, 0.1) is 5.82 Å². The molecule has 0 radical (unpaired) electrons. The largest absolute Gasteiger partial charge is 0.492 e. The van der Waals surface area contributed by atoms with Crippen LogP contribution in [0.2, 0.25) is 0 Å². The summed E-state index contributed by atoms with van der Waals surface area (Å²) in [7, 11) is 1.62. The summed E-state index contributed by atoms with van der Waals surface area (Å²) >= 11 is 0. The number of benzene rings is 2. The molecule has 1 N–H and O–H groups in total. The number of hydrogen-bond donors (Lipinski definition) is 1. The Morgan fingerprint density at radius 1 is 1.07 bits per heavy atom. The highest BCUT2D eigenvalue weighted by molar-refractivity contribution is 6.45. The van der Waals surface area contributed by atoms with Gasteiger partial charge < -0.3 is 14.7 Å². The topological polar surface area (TPSA) is 70.1 Å². The van der Waals surface area contributed by atoms with Crippen molar-refractivity contribution in [3.05, 3.63) is 65.6 Å². The summed E-state index contributed by atoms with van der Waals surface area (Å²) in [6, 6.07) is 12.2. The normalized spacial score (nSPS) is 14.1. The van der Waals surface area contributed by atoms with Crippen molar-refractivity contribution in [2.24, 2.45) is 0 Å². The second-order valence-electron chi connectivity index (χ2n) is 6.22. The quantitative estimate of drug-likeness (QED) is 0.743. The van der Waals surface area contributed by atoms with Crippen molar-refractivity contribution in [2.45, 2.75) is 6.92 Å². The van der Waals surface area contributed by atoms with Gasteiger partial charge in [-0.25, -0.2) is 9.29 Å². The molecule has 0 fully saturated rings. The molecule has 0 saturated heterocycles. The molecule has 0 bridgehead atoms. The van der Waals surface area contributed by atoms with Crippen LogP contribution in [0.5, 0.6) is 5.75 Å². The van der Waals surface area contributed by atoms with Gasteiger partial charge in [0, 0.05) is 13.6 Å². The van der Waals surface area contributed by atoms with E-state index in [1.54, 1.807) is 31.3 Å². The highest BCUT2D eigenvalue weighted by Gasteiger charge is 2.42. The van der Waals surface area contributed by atoms with E-state index >= 15 is 0 Å². The first-order valence-corrected chi connectivity index (χ1v) is 8.92. The van der Waals surface area contributed by atoms with E-state index in [-0.39, 0.29) is 24.4 Å². The molecule has 146 valence electrons. The zero-order valence-corrected chi connectivity index (χ0v) is 15.7. The molecule has 0 aromatic heterocycles. The van der Waals surface area contributed by atoms with Crippen LogP contribution in [0.25, 0.3) is 5.57 Å². The first-order valence-electron chi connectivity index (χ1n) is 8.92. The number of nitrogens with zero attached hydrogens (tertiary/aromatic N) is 2. The standard InChI is InChI=1S/C21H21FN2O4/c1-3-28-17-7-5-4-6-16(17)24-20(26)18(14-8-10-15(22)11-9-14)19(21(24)27)23(2)12-13-25/h4-11,25H,3,12-13H2,1-2H3. The van der Waals surface area contributed by atoms with E-state index in [1.165, 1.54) is 29.2 Å². The zero-order chi connectivity index (χ0) is 20.3. The second-order valence-corrected chi connectivity index (χ2v) is 6.22. The summed E-state index contributed by atoms with van der Waals surface area (Å²) in [6.45, 7) is 2.17. The lowest BCUT2D eigenvalue weighted by atomic mass is 10.0. The molecular weight excluding hydrogens is 363 g/mol. The monoisotopic (exact) mass is 384 g/mol. The summed E-state index contributed by atoms with van der Waals surface area (Å²) in [5, 5.41) is 9.30. The molecule has 2 aromatic rings.